The minimum atomic E-state index is 0.210. The first-order valence-corrected chi connectivity index (χ1v) is 9.54. The molecule has 6 nitrogen and oxygen atoms in total. The predicted molar refractivity (Wildman–Crippen MR) is 98.1 cm³/mol. The van der Waals surface area contributed by atoms with Gasteiger partial charge in [0, 0.05) is 25.4 Å². The number of aromatic nitrogens is 3. The van der Waals surface area contributed by atoms with Crippen molar-refractivity contribution in [1.82, 2.24) is 19.7 Å². The van der Waals surface area contributed by atoms with Gasteiger partial charge in [-0.1, -0.05) is 19.1 Å². The van der Waals surface area contributed by atoms with E-state index < -0.39 is 0 Å². The highest BCUT2D eigenvalue weighted by molar-refractivity contribution is 5.80. The number of benzene rings is 1. The number of methoxy groups -OCH3 is 1. The highest BCUT2D eigenvalue weighted by Crippen LogP contribution is 2.32. The number of rotatable bonds is 5. The predicted octanol–water partition coefficient (Wildman–Crippen LogP) is 2.40. The number of amides is 1. The van der Waals surface area contributed by atoms with Crippen molar-refractivity contribution in [3.05, 3.63) is 41.5 Å². The second-order valence-corrected chi connectivity index (χ2v) is 7.31. The topological polar surface area (TPSA) is 60.2 Å². The van der Waals surface area contributed by atoms with Crippen LogP contribution in [0.4, 0.5) is 0 Å². The molecule has 26 heavy (non-hydrogen) atoms. The lowest BCUT2D eigenvalue weighted by Crippen LogP contribution is -2.43. The number of ether oxygens (including phenoxy) is 1. The maximum absolute atomic E-state index is 13.1. The second kappa shape index (κ2) is 7.09. The largest absolute Gasteiger partial charge is 0.497 e. The van der Waals surface area contributed by atoms with E-state index in [0.717, 1.165) is 61.6 Å². The van der Waals surface area contributed by atoms with Crippen molar-refractivity contribution in [2.24, 2.45) is 0 Å². The lowest BCUT2D eigenvalue weighted by atomic mass is 10.1. The zero-order valence-electron chi connectivity index (χ0n) is 15.5. The van der Waals surface area contributed by atoms with Gasteiger partial charge in [0.2, 0.25) is 5.91 Å². The number of fused-ring (bicyclic) bond motifs is 3. The molecule has 0 N–H and O–H groups in total. The van der Waals surface area contributed by atoms with Gasteiger partial charge in [0.05, 0.1) is 19.6 Å². The number of hydrogen-bond donors (Lipinski definition) is 0. The van der Waals surface area contributed by atoms with Crippen LogP contribution >= 0.6 is 0 Å². The van der Waals surface area contributed by atoms with Crippen molar-refractivity contribution < 1.29 is 9.53 Å². The SMILES string of the molecule is CCCc1nnc2n1CC1CCC(C2)N1C(=O)Cc1cccc(OC)c1. The maximum Gasteiger partial charge on any atom is 0.227 e. The monoisotopic (exact) mass is 354 g/mol. The van der Waals surface area contributed by atoms with Gasteiger partial charge in [-0.25, -0.2) is 0 Å². The van der Waals surface area contributed by atoms with Gasteiger partial charge in [-0.3, -0.25) is 4.79 Å². The van der Waals surface area contributed by atoms with Crippen LogP contribution < -0.4 is 4.74 Å². The molecule has 2 unspecified atom stereocenters. The molecule has 0 saturated carbocycles. The van der Waals surface area contributed by atoms with Crippen LogP contribution in [-0.4, -0.2) is 44.8 Å². The Morgan fingerprint density at radius 1 is 1.27 bits per heavy atom. The van der Waals surface area contributed by atoms with Crippen molar-refractivity contribution in [3.8, 4) is 5.75 Å². The Kier molecular flexibility index (Phi) is 4.66. The van der Waals surface area contributed by atoms with Gasteiger partial charge >= 0.3 is 0 Å². The first-order chi connectivity index (χ1) is 12.7. The van der Waals surface area contributed by atoms with E-state index in [1.807, 2.05) is 24.3 Å². The molecule has 0 spiro atoms. The Hall–Kier alpha value is -2.37. The fourth-order valence-corrected chi connectivity index (χ4v) is 4.36. The summed E-state index contributed by atoms with van der Waals surface area (Å²) in [6, 6.07) is 8.30. The third-order valence-electron chi connectivity index (χ3n) is 5.59. The minimum absolute atomic E-state index is 0.210. The summed E-state index contributed by atoms with van der Waals surface area (Å²) < 4.78 is 7.54. The van der Waals surface area contributed by atoms with Crippen LogP contribution in [0.15, 0.2) is 24.3 Å². The van der Waals surface area contributed by atoms with Gasteiger partial charge in [-0.05, 0) is 37.0 Å². The lowest BCUT2D eigenvalue weighted by Gasteiger charge is -2.28. The van der Waals surface area contributed by atoms with Gasteiger partial charge in [0.1, 0.15) is 17.4 Å². The van der Waals surface area contributed by atoms with E-state index >= 15 is 0 Å². The number of carbonyl (C=O) groups excluding carboxylic acids is 1. The molecule has 2 atom stereocenters. The molecule has 2 aromatic rings. The van der Waals surface area contributed by atoms with Crippen molar-refractivity contribution in [2.75, 3.05) is 7.11 Å². The molecular weight excluding hydrogens is 328 g/mol. The summed E-state index contributed by atoms with van der Waals surface area (Å²) >= 11 is 0. The zero-order chi connectivity index (χ0) is 18.1. The van der Waals surface area contributed by atoms with Crippen LogP contribution in [0.25, 0.3) is 0 Å². The highest BCUT2D eigenvalue weighted by Gasteiger charge is 2.40. The molecule has 138 valence electrons. The molecule has 3 heterocycles. The van der Waals surface area contributed by atoms with E-state index in [9.17, 15) is 4.79 Å². The summed E-state index contributed by atoms with van der Waals surface area (Å²) in [5.41, 5.74) is 1.00. The molecule has 1 fully saturated rings. The average Bonchev–Trinajstić information content (AvgIpc) is 3.15. The summed E-state index contributed by atoms with van der Waals surface area (Å²) in [4.78, 5) is 15.2. The first-order valence-electron chi connectivity index (χ1n) is 9.54. The molecule has 1 aromatic carbocycles. The van der Waals surface area contributed by atoms with Crippen molar-refractivity contribution >= 4 is 5.91 Å². The molecule has 6 heteroatoms. The Bertz CT molecular complexity index is 801. The molecule has 2 aliphatic rings. The van der Waals surface area contributed by atoms with Crippen LogP contribution in [0, 0.1) is 0 Å². The van der Waals surface area contributed by atoms with Crippen molar-refractivity contribution in [1.29, 1.82) is 0 Å². The molecule has 0 aliphatic carbocycles. The molecule has 2 bridgehead atoms. The summed E-state index contributed by atoms with van der Waals surface area (Å²) in [6.07, 6.45) is 5.37. The van der Waals surface area contributed by atoms with Gasteiger partial charge in [-0.15, -0.1) is 10.2 Å². The van der Waals surface area contributed by atoms with Gasteiger partial charge in [0.25, 0.3) is 0 Å². The van der Waals surface area contributed by atoms with Gasteiger partial charge in [-0.2, -0.15) is 0 Å². The van der Waals surface area contributed by atoms with Gasteiger partial charge in [0.15, 0.2) is 0 Å². The number of hydrogen-bond acceptors (Lipinski definition) is 4. The van der Waals surface area contributed by atoms with Crippen LogP contribution in [0.2, 0.25) is 0 Å². The van der Waals surface area contributed by atoms with E-state index in [4.69, 9.17) is 4.74 Å². The van der Waals surface area contributed by atoms with Crippen LogP contribution in [0.1, 0.15) is 43.4 Å². The number of nitrogens with zero attached hydrogens (tertiary/aromatic N) is 4. The number of carbonyl (C=O) groups is 1. The third-order valence-corrected chi connectivity index (χ3v) is 5.59. The van der Waals surface area contributed by atoms with E-state index in [-0.39, 0.29) is 18.0 Å². The summed E-state index contributed by atoms with van der Waals surface area (Å²) in [5.74, 6) is 3.11. The Morgan fingerprint density at radius 2 is 2.12 bits per heavy atom. The van der Waals surface area contributed by atoms with Crippen LogP contribution in [0.5, 0.6) is 5.75 Å². The highest BCUT2D eigenvalue weighted by atomic mass is 16.5. The smallest absolute Gasteiger partial charge is 0.227 e. The quantitative estimate of drug-likeness (QED) is 0.827. The van der Waals surface area contributed by atoms with Crippen LogP contribution in [-0.2, 0) is 30.6 Å². The van der Waals surface area contributed by atoms with E-state index in [1.165, 1.54) is 0 Å². The fourth-order valence-electron chi connectivity index (χ4n) is 4.36. The minimum Gasteiger partial charge on any atom is -0.497 e. The van der Waals surface area contributed by atoms with E-state index in [2.05, 4.69) is 26.6 Å². The molecule has 4 rings (SSSR count). The number of aryl methyl sites for hydroxylation is 1. The Morgan fingerprint density at radius 3 is 2.92 bits per heavy atom. The molecule has 0 radical (unpaired) electrons. The first kappa shape index (κ1) is 17.1. The van der Waals surface area contributed by atoms with Crippen molar-refractivity contribution in [2.45, 2.75) is 64.1 Å². The second-order valence-electron chi connectivity index (χ2n) is 7.31. The normalized spacial score (nSPS) is 21.4. The van der Waals surface area contributed by atoms with E-state index in [1.54, 1.807) is 7.11 Å². The summed E-state index contributed by atoms with van der Waals surface area (Å²) in [6.45, 7) is 2.99. The fraction of sp³-hybridized carbons (Fsp3) is 0.550. The molecular formula is C20H26N4O2. The Labute approximate surface area is 154 Å². The maximum atomic E-state index is 13.1. The summed E-state index contributed by atoms with van der Waals surface area (Å²) in [5, 5.41) is 8.79. The van der Waals surface area contributed by atoms with Crippen molar-refractivity contribution in [3.63, 3.8) is 0 Å². The molecule has 2 aliphatic heterocycles. The average molecular weight is 354 g/mol. The summed E-state index contributed by atoms with van der Waals surface area (Å²) in [7, 11) is 1.65. The third kappa shape index (κ3) is 3.08. The zero-order valence-corrected chi connectivity index (χ0v) is 15.5. The molecule has 1 saturated heterocycles. The molecule has 1 aromatic heterocycles. The van der Waals surface area contributed by atoms with Crippen LogP contribution in [0.3, 0.4) is 0 Å². The lowest BCUT2D eigenvalue weighted by molar-refractivity contribution is -0.133. The Balaban J connectivity index is 1.53. The standard InChI is InChI=1S/C20H26N4O2/c1-3-5-18-21-22-19-12-15-8-9-16(13-23(18)19)24(15)20(25)11-14-6-4-7-17(10-14)26-2/h4,6-7,10,15-16H,3,5,8-9,11-13H2,1-2H3. The molecule has 1 amide bonds. The van der Waals surface area contributed by atoms with E-state index in [0.29, 0.717) is 6.42 Å². The van der Waals surface area contributed by atoms with Gasteiger partial charge < -0.3 is 14.2 Å².